The zero-order valence-corrected chi connectivity index (χ0v) is 8.91. The molecule has 0 amide bonds. The number of fused-ring (bicyclic) bond motifs is 6. The maximum absolute atomic E-state index is 4.43. The minimum Gasteiger partial charge on any atom is -0.283 e. The van der Waals surface area contributed by atoms with E-state index in [1.807, 2.05) is 28.9 Å². The first-order valence-electron chi connectivity index (χ1n) is 5.38. The first-order chi connectivity index (χ1) is 8.45. The van der Waals surface area contributed by atoms with Gasteiger partial charge in [0.15, 0.2) is 0 Å². The van der Waals surface area contributed by atoms with Crippen molar-refractivity contribution in [1.29, 1.82) is 0 Å². The summed E-state index contributed by atoms with van der Waals surface area (Å²) in [5, 5.41) is 3.29. The molecule has 4 nitrogen and oxygen atoms in total. The summed E-state index contributed by atoms with van der Waals surface area (Å²) >= 11 is 0. The van der Waals surface area contributed by atoms with Gasteiger partial charge < -0.3 is 0 Å². The summed E-state index contributed by atoms with van der Waals surface area (Å²) in [6, 6.07) is 5.99. The molecular weight excluding hydrogens is 212 g/mol. The Morgan fingerprint density at radius 1 is 0.824 bits per heavy atom. The van der Waals surface area contributed by atoms with E-state index in [-0.39, 0.29) is 0 Å². The molecule has 0 aliphatic carbocycles. The topological polar surface area (TPSA) is 43.1 Å². The molecule has 0 saturated carbocycles. The SMILES string of the molecule is c1cnc2c(c1)c1cnccc1c1nccn21. The summed E-state index contributed by atoms with van der Waals surface area (Å²) in [5.74, 6) is 0. The number of imidazole rings is 1. The van der Waals surface area contributed by atoms with Crippen molar-refractivity contribution in [2.75, 3.05) is 0 Å². The molecule has 4 aromatic heterocycles. The lowest BCUT2D eigenvalue weighted by Crippen LogP contribution is -1.92. The van der Waals surface area contributed by atoms with E-state index in [1.165, 1.54) is 0 Å². The van der Waals surface area contributed by atoms with Crippen LogP contribution in [0.15, 0.2) is 49.2 Å². The van der Waals surface area contributed by atoms with E-state index in [9.17, 15) is 0 Å². The molecule has 0 N–H and O–H groups in total. The predicted molar refractivity (Wildman–Crippen MR) is 65.8 cm³/mol. The second-order valence-corrected chi connectivity index (χ2v) is 3.92. The van der Waals surface area contributed by atoms with E-state index in [0.29, 0.717) is 0 Å². The molecular formula is C13H8N4. The third-order valence-electron chi connectivity index (χ3n) is 3.01. The van der Waals surface area contributed by atoms with E-state index < -0.39 is 0 Å². The van der Waals surface area contributed by atoms with Gasteiger partial charge in [0.05, 0.1) is 0 Å². The van der Waals surface area contributed by atoms with Gasteiger partial charge in [-0.3, -0.25) is 9.38 Å². The number of nitrogens with zero attached hydrogens (tertiary/aromatic N) is 4. The first kappa shape index (κ1) is 8.64. The van der Waals surface area contributed by atoms with Gasteiger partial charge in [0, 0.05) is 47.1 Å². The average Bonchev–Trinajstić information content (AvgIpc) is 2.89. The van der Waals surface area contributed by atoms with Crippen LogP contribution in [0.25, 0.3) is 27.5 Å². The molecule has 4 rings (SSSR count). The number of hydrogen-bond acceptors (Lipinski definition) is 3. The predicted octanol–water partition coefficient (Wildman–Crippen LogP) is 2.43. The van der Waals surface area contributed by atoms with E-state index in [2.05, 4.69) is 21.0 Å². The van der Waals surface area contributed by atoms with Crippen molar-refractivity contribution in [2.24, 2.45) is 0 Å². The van der Waals surface area contributed by atoms with Gasteiger partial charge in [-0.2, -0.15) is 0 Å². The normalized spacial score (nSPS) is 11.5. The Labute approximate surface area is 96.6 Å². The van der Waals surface area contributed by atoms with E-state index in [1.54, 1.807) is 18.6 Å². The second-order valence-electron chi connectivity index (χ2n) is 3.92. The molecule has 0 unspecified atom stereocenters. The molecule has 17 heavy (non-hydrogen) atoms. The zero-order valence-electron chi connectivity index (χ0n) is 8.91. The molecule has 0 bridgehead atoms. The van der Waals surface area contributed by atoms with Crippen LogP contribution in [-0.4, -0.2) is 19.4 Å². The maximum atomic E-state index is 4.43. The monoisotopic (exact) mass is 220 g/mol. The summed E-state index contributed by atoms with van der Waals surface area (Å²) < 4.78 is 2.01. The molecule has 4 heterocycles. The molecule has 0 atom stereocenters. The molecule has 80 valence electrons. The fourth-order valence-electron chi connectivity index (χ4n) is 2.28. The lowest BCUT2D eigenvalue weighted by atomic mass is 10.1. The van der Waals surface area contributed by atoms with Crippen molar-refractivity contribution in [2.45, 2.75) is 0 Å². The van der Waals surface area contributed by atoms with Crippen molar-refractivity contribution in [3.8, 4) is 0 Å². The van der Waals surface area contributed by atoms with Gasteiger partial charge in [0.25, 0.3) is 0 Å². The first-order valence-corrected chi connectivity index (χ1v) is 5.38. The summed E-state index contributed by atoms with van der Waals surface area (Å²) in [6.07, 6.45) is 9.19. The maximum Gasteiger partial charge on any atom is 0.146 e. The third-order valence-corrected chi connectivity index (χ3v) is 3.01. The molecule has 0 radical (unpaired) electrons. The minimum absolute atomic E-state index is 0.917. The Morgan fingerprint density at radius 3 is 2.59 bits per heavy atom. The highest BCUT2D eigenvalue weighted by molar-refractivity contribution is 6.10. The Hall–Kier alpha value is -2.49. The van der Waals surface area contributed by atoms with Gasteiger partial charge in [0.1, 0.15) is 11.3 Å². The Kier molecular flexibility index (Phi) is 1.53. The Morgan fingerprint density at radius 2 is 1.65 bits per heavy atom. The summed E-state index contributed by atoms with van der Waals surface area (Å²) in [6.45, 7) is 0. The van der Waals surface area contributed by atoms with Crippen LogP contribution in [0, 0.1) is 0 Å². The van der Waals surface area contributed by atoms with Crippen molar-refractivity contribution in [3.05, 3.63) is 49.2 Å². The molecule has 0 aliphatic rings. The largest absolute Gasteiger partial charge is 0.283 e. The quantitative estimate of drug-likeness (QED) is 0.427. The molecule has 4 heteroatoms. The van der Waals surface area contributed by atoms with Crippen LogP contribution in [0.4, 0.5) is 0 Å². The smallest absolute Gasteiger partial charge is 0.146 e. The number of rotatable bonds is 0. The highest BCUT2D eigenvalue weighted by Crippen LogP contribution is 2.26. The minimum atomic E-state index is 0.917. The standard InChI is InChI=1S/C13H8N4/c1-2-9-11-8-14-5-3-10(11)13-16-6-7-17(13)12(9)15-4-1/h1-8H. The fraction of sp³-hybridized carbons (Fsp3) is 0. The molecule has 0 fully saturated rings. The zero-order chi connectivity index (χ0) is 11.2. The number of pyridine rings is 3. The summed E-state index contributed by atoms with van der Waals surface area (Å²) in [4.78, 5) is 13.0. The van der Waals surface area contributed by atoms with Crippen molar-refractivity contribution < 1.29 is 0 Å². The van der Waals surface area contributed by atoms with E-state index in [4.69, 9.17) is 0 Å². The van der Waals surface area contributed by atoms with Crippen LogP contribution in [0.5, 0.6) is 0 Å². The van der Waals surface area contributed by atoms with Crippen LogP contribution in [0.3, 0.4) is 0 Å². The van der Waals surface area contributed by atoms with Crippen LogP contribution in [0.2, 0.25) is 0 Å². The second kappa shape index (κ2) is 3.01. The van der Waals surface area contributed by atoms with E-state index >= 15 is 0 Å². The summed E-state index contributed by atoms with van der Waals surface area (Å²) in [5.41, 5.74) is 1.84. The van der Waals surface area contributed by atoms with Crippen molar-refractivity contribution in [1.82, 2.24) is 19.4 Å². The molecule has 0 saturated heterocycles. The van der Waals surface area contributed by atoms with E-state index in [0.717, 1.165) is 27.5 Å². The Bertz CT molecular complexity index is 778. The number of hydrogen-bond donors (Lipinski definition) is 0. The van der Waals surface area contributed by atoms with Gasteiger partial charge in [-0.1, -0.05) is 0 Å². The molecule has 0 aliphatic heterocycles. The van der Waals surface area contributed by atoms with Crippen molar-refractivity contribution >= 4 is 27.5 Å². The highest BCUT2D eigenvalue weighted by Gasteiger charge is 2.08. The van der Waals surface area contributed by atoms with Gasteiger partial charge in [-0.25, -0.2) is 9.97 Å². The molecule has 0 spiro atoms. The third kappa shape index (κ3) is 1.04. The average molecular weight is 220 g/mol. The van der Waals surface area contributed by atoms with Crippen LogP contribution < -0.4 is 0 Å². The fourth-order valence-corrected chi connectivity index (χ4v) is 2.28. The highest BCUT2D eigenvalue weighted by atomic mass is 15.0. The lowest BCUT2D eigenvalue weighted by Gasteiger charge is -2.05. The summed E-state index contributed by atoms with van der Waals surface area (Å²) in [7, 11) is 0. The molecule has 4 aromatic rings. The lowest BCUT2D eigenvalue weighted by molar-refractivity contribution is 1.20. The van der Waals surface area contributed by atoms with Gasteiger partial charge in [0.2, 0.25) is 0 Å². The van der Waals surface area contributed by atoms with Crippen molar-refractivity contribution in [3.63, 3.8) is 0 Å². The van der Waals surface area contributed by atoms with Gasteiger partial charge in [-0.05, 0) is 18.2 Å². The van der Waals surface area contributed by atoms with Gasteiger partial charge in [-0.15, -0.1) is 0 Å². The van der Waals surface area contributed by atoms with Crippen LogP contribution >= 0.6 is 0 Å². The van der Waals surface area contributed by atoms with Crippen LogP contribution in [-0.2, 0) is 0 Å². The van der Waals surface area contributed by atoms with Gasteiger partial charge >= 0.3 is 0 Å². The Balaban J connectivity index is 2.48. The van der Waals surface area contributed by atoms with Crippen LogP contribution in [0.1, 0.15) is 0 Å². The molecule has 0 aromatic carbocycles. The number of aromatic nitrogens is 4.